The van der Waals surface area contributed by atoms with E-state index in [0.29, 0.717) is 28.6 Å². The standard InChI is InChI=1S/C35H28N4O11S3.Na/c1-19-13-25(36-38-33-29-10-8-27(51(42,43)44)16-23(29)5-12-31(33)40)6-3-21(19)15-22-4-7-26(14-20(22)2)37-39-34-30-11-9-28(52(45,46)47)17-24(30)18-32(35(34)41)53(48,49)50;/h3-14,16-18,40-41H,15H2,1-2H3,(H,42,43,44)(H,45,46,47)(H,48,49,50);/q;+1/p-1. The molecule has 54 heavy (non-hydrogen) atoms. The minimum atomic E-state index is -5.22. The zero-order chi connectivity index (χ0) is 38.5. The Hall–Kier alpha value is -4.63. The van der Waals surface area contributed by atoms with Gasteiger partial charge in [-0.3, -0.25) is 9.11 Å². The van der Waals surface area contributed by atoms with Gasteiger partial charge in [-0.05, 0) is 114 Å². The second-order valence-corrected chi connectivity index (χ2v) is 16.2. The Morgan fingerprint density at radius 2 is 1.06 bits per heavy atom. The van der Waals surface area contributed by atoms with Gasteiger partial charge in [0.1, 0.15) is 27.2 Å². The van der Waals surface area contributed by atoms with Gasteiger partial charge in [-0.1, -0.05) is 30.3 Å². The van der Waals surface area contributed by atoms with Crippen molar-refractivity contribution in [1.82, 2.24) is 0 Å². The minimum Gasteiger partial charge on any atom is -0.744 e. The van der Waals surface area contributed by atoms with Crippen LogP contribution >= 0.6 is 0 Å². The zero-order valence-electron chi connectivity index (χ0n) is 28.5. The average molecular weight is 799 g/mol. The number of aromatic hydroxyl groups is 2. The molecule has 15 nitrogen and oxygen atoms in total. The molecule has 0 spiro atoms. The summed E-state index contributed by atoms with van der Waals surface area (Å²) in [6, 6.07) is 21.3. The predicted octanol–water partition coefficient (Wildman–Crippen LogP) is 4.84. The zero-order valence-corrected chi connectivity index (χ0v) is 33.0. The first-order valence-electron chi connectivity index (χ1n) is 15.3. The normalized spacial score (nSPS) is 12.5. The summed E-state index contributed by atoms with van der Waals surface area (Å²) in [4.78, 5) is -1.89. The van der Waals surface area contributed by atoms with Crippen molar-refractivity contribution in [1.29, 1.82) is 0 Å². The van der Waals surface area contributed by atoms with Crippen LogP contribution in [0.25, 0.3) is 21.5 Å². The van der Waals surface area contributed by atoms with Crippen LogP contribution in [-0.2, 0) is 36.8 Å². The molecule has 6 aromatic carbocycles. The molecule has 6 aromatic rings. The second kappa shape index (κ2) is 15.2. The number of fused-ring (bicyclic) bond motifs is 2. The summed E-state index contributed by atoms with van der Waals surface area (Å²) >= 11 is 0. The third kappa shape index (κ3) is 8.67. The molecule has 0 aliphatic heterocycles. The Balaban J connectivity index is 0.00000561. The molecule has 0 amide bonds. The van der Waals surface area contributed by atoms with Gasteiger partial charge in [0.25, 0.3) is 20.2 Å². The number of hydrogen-bond donors (Lipinski definition) is 4. The minimum absolute atomic E-state index is 0. The molecule has 272 valence electrons. The fraction of sp³-hybridized carbons (Fsp3) is 0.0857. The van der Waals surface area contributed by atoms with E-state index in [2.05, 4.69) is 20.5 Å². The largest absolute Gasteiger partial charge is 1.00 e. The Bertz CT molecular complexity index is 2900. The molecule has 0 aliphatic rings. The van der Waals surface area contributed by atoms with Crippen molar-refractivity contribution >= 4 is 74.6 Å². The maximum atomic E-state index is 11.9. The van der Waals surface area contributed by atoms with Gasteiger partial charge < -0.3 is 14.8 Å². The monoisotopic (exact) mass is 798 g/mol. The van der Waals surface area contributed by atoms with Gasteiger partial charge in [0.05, 0.1) is 26.1 Å². The number of hydrogen-bond acceptors (Lipinski definition) is 13. The summed E-state index contributed by atoms with van der Waals surface area (Å²) in [6.45, 7) is 3.74. The first-order valence-corrected chi connectivity index (χ1v) is 19.6. The SMILES string of the molecule is Cc1cc(N=Nc2c(O)ccc3cc(S(=O)(=O)O)ccc23)ccc1Cc1ccc(N=Nc2c(O)c(S(=O)(=O)[O-])cc3cc(S(=O)(=O)O)ccc23)cc1C.[Na+]. The van der Waals surface area contributed by atoms with E-state index in [9.17, 15) is 49.1 Å². The fourth-order valence-electron chi connectivity index (χ4n) is 5.63. The van der Waals surface area contributed by atoms with Crippen molar-refractivity contribution < 1.29 is 78.7 Å². The van der Waals surface area contributed by atoms with E-state index in [1.165, 1.54) is 36.4 Å². The van der Waals surface area contributed by atoms with E-state index >= 15 is 0 Å². The summed E-state index contributed by atoms with van der Waals surface area (Å²) in [6.07, 6.45) is 0.512. The van der Waals surface area contributed by atoms with Crippen LogP contribution < -0.4 is 29.6 Å². The van der Waals surface area contributed by atoms with Gasteiger partial charge in [-0.2, -0.15) is 27.1 Å². The van der Waals surface area contributed by atoms with Crippen molar-refractivity contribution in [2.75, 3.05) is 0 Å². The molecule has 6 rings (SSSR count). The molecule has 0 aliphatic carbocycles. The molecule has 0 aromatic heterocycles. The molecule has 19 heteroatoms. The molecule has 4 N–H and O–H groups in total. The third-order valence-electron chi connectivity index (χ3n) is 8.39. The molecule has 0 fully saturated rings. The Morgan fingerprint density at radius 3 is 1.54 bits per heavy atom. The maximum absolute atomic E-state index is 11.9. The summed E-state index contributed by atoms with van der Waals surface area (Å²) in [7, 11) is -14.3. The van der Waals surface area contributed by atoms with Gasteiger partial charge >= 0.3 is 29.6 Å². The van der Waals surface area contributed by atoms with Crippen LogP contribution in [0.5, 0.6) is 11.5 Å². The molecule has 0 heterocycles. The molecule has 0 bridgehead atoms. The fourth-order valence-corrected chi connectivity index (χ4v) is 7.27. The summed E-state index contributed by atoms with van der Waals surface area (Å²) in [5, 5.41) is 38.6. The van der Waals surface area contributed by atoms with Crippen molar-refractivity contribution in [3.05, 3.63) is 113 Å². The number of benzene rings is 6. The van der Waals surface area contributed by atoms with Crippen LogP contribution in [0.4, 0.5) is 22.7 Å². The second-order valence-electron chi connectivity index (χ2n) is 12.0. The Morgan fingerprint density at radius 1 is 0.574 bits per heavy atom. The van der Waals surface area contributed by atoms with E-state index in [0.717, 1.165) is 40.5 Å². The van der Waals surface area contributed by atoms with Crippen LogP contribution in [-0.4, -0.2) is 49.1 Å². The predicted molar refractivity (Wildman–Crippen MR) is 192 cm³/mol. The van der Waals surface area contributed by atoms with Gasteiger partial charge in [-0.25, -0.2) is 8.42 Å². The van der Waals surface area contributed by atoms with E-state index in [1.807, 2.05) is 26.0 Å². The molecular weight excluding hydrogens is 772 g/mol. The first kappa shape index (κ1) is 40.6. The number of rotatable bonds is 9. The number of aryl methyl sites for hydroxylation is 2. The third-order valence-corrected chi connectivity index (χ3v) is 10.9. The number of nitrogens with zero attached hydrogens (tertiary/aromatic N) is 4. The van der Waals surface area contributed by atoms with E-state index in [-0.39, 0.29) is 56.7 Å². The van der Waals surface area contributed by atoms with Crippen LogP contribution in [0.15, 0.2) is 126 Å². The van der Waals surface area contributed by atoms with Gasteiger partial charge in [0.15, 0.2) is 5.75 Å². The first-order chi connectivity index (χ1) is 24.8. The molecule has 0 radical (unpaired) electrons. The van der Waals surface area contributed by atoms with E-state index < -0.39 is 51.6 Å². The van der Waals surface area contributed by atoms with Gasteiger partial charge in [0.2, 0.25) is 0 Å². The summed E-state index contributed by atoms with van der Waals surface area (Å²) < 4.78 is 101. The van der Waals surface area contributed by atoms with Crippen molar-refractivity contribution in [2.45, 2.75) is 35.0 Å². The molecule has 0 unspecified atom stereocenters. The van der Waals surface area contributed by atoms with Gasteiger partial charge in [-0.15, -0.1) is 10.2 Å². The van der Waals surface area contributed by atoms with E-state index in [4.69, 9.17) is 0 Å². The van der Waals surface area contributed by atoms with Crippen LogP contribution in [0, 0.1) is 13.8 Å². The molecule has 0 saturated heterocycles. The van der Waals surface area contributed by atoms with Gasteiger partial charge in [0, 0.05) is 10.8 Å². The number of phenols is 2. The summed E-state index contributed by atoms with van der Waals surface area (Å²) in [5.74, 6) is -1.14. The molecule has 0 saturated carbocycles. The molecule has 0 atom stereocenters. The Labute approximate surface area is 331 Å². The van der Waals surface area contributed by atoms with Crippen molar-refractivity contribution in [2.24, 2.45) is 20.5 Å². The van der Waals surface area contributed by atoms with Crippen molar-refractivity contribution in [3.63, 3.8) is 0 Å². The number of phenolic OH excluding ortho intramolecular Hbond substituents is 2. The smallest absolute Gasteiger partial charge is 0.744 e. The van der Waals surface area contributed by atoms with Crippen LogP contribution in [0.3, 0.4) is 0 Å². The topological polar surface area (TPSA) is 256 Å². The Kier molecular flexibility index (Phi) is 11.5. The van der Waals surface area contributed by atoms with Crippen LogP contribution in [0.2, 0.25) is 0 Å². The maximum Gasteiger partial charge on any atom is 1.00 e. The summed E-state index contributed by atoms with van der Waals surface area (Å²) in [5.41, 5.74) is 4.13. The quantitative estimate of drug-likeness (QED) is 0.0874. The average Bonchev–Trinajstić information content (AvgIpc) is 3.07. The van der Waals surface area contributed by atoms with Crippen molar-refractivity contribution in [3.8, 4) is 11.5 Å². The number of azo groups is 2. The van der Waals surface area contributed by atoms with Crippen LogP contribution in [0.1, 0.15) is 22.3 Å². The molecular formula is C35H27N4NaO11S3. The van der Waals surface area contributed by atoms with E-state index in [1.54, 1.807) is 24.3 Å².